The van der Waals surface area contributed by atoms with Gasteiger partial charge in [0.05, 0.1) is 23.5 Å². The van der Waals surface area contributed by atoms with Crippen LogP contribution in [0.2, 0.25) is 5.02 Å². The fourth-order valence-corrected chi connectivity index (χ4v) is 3.49. The van der Waals surface area contributed by atoms with Crippen LogP contribution in [0, 0.1) is 13.8 Å². The minimum Gasteiger partial charge on any atom is -0.487 e. The molecule has 0 aliphatic carbocycles. The average molecular weight is 446 g/mol. The van der Waals surface area contributed by atoms with Crippen LogP contribution in [0.4, 0.5) is 5.69 Å². The Morgan fingerprint density at radius 2 is 1.84 bits per heavy atom. The topological polar surface area (TPSA) is 56.1 Å². The Morgan fingerprint density at radius 3 is 2.62 bits per heavy atom. The van der Waals surface area contributed by atoms with Gasteiger partial charge in [0.15, 0.2) is 0 Å². The summed E-state index contributed by atoms with van der Waals surface area (Å²) >= 11 is 6.18. The summed E-state index contributed by atoms with van der Waals surface area (Å²) < 4.78 is 7.63. The van der Waals surface area contributed by atoms with Gasteiger partial charge in [0.2, 0.25) is 0 Å². The summed E-state index contributed by atoms with van der Waals surface area (Å²) in [7, 11) is 0. The van der Waals surface area contributed by atoms with E-state index in [4.69, 9.17) is 16.3 Å². The number of hydrogen-bond acceptors (Lipinski definition) is 3. The van der Waals surface area contributed by atoms with E-state index in [0.717, 1.165) is 11.1 Å². The third-order valence-corrected chi connectivity index (χ3v) is 5.49. The van der Waals surface area contributed by atoms with Gasteiger partial charge in [0.1, 0.15) is 12.4 Å². The zero-order chi connectivity index (χ0) is 22.5. The zero-order valence-electron chi connectivity index (χ0n) is 18.0. The minimum absolute atomic E-state index is 0.186. The van der Waals surface area contributed by atoms with Crippen molar-refractivity contribution >= 4 is 23.2 Å². The Kier molecular flexibility index (Phi) is 6.57. The molecular formula is C26H24ClN3O2. The maximum absolute atomic E-state index is 12.6. The second kappa shape index (κ2) is 9.71. The van der Waals surface area contributed by atoms with Gasteiger partial charge in [-0.05, 0) is 60.4 Å². The molecule has 0 aliphatic rings. The highest BCUT2D eigenvalue weighted by Gasteiger charge is 2.09. The smallest absolute Gasteiger partial charge is 0.255 e. The van der Waals surface area contributed by atoms with E-state index in [1.54, 1.807) is 18.3 Å². The molecule has 1 amide bonds. The molecule has 0 bridgehead atoms. The molecule has 0 fully saturated rings. The molecule has 0 aliphatic heterocycles. The van der Waals surface area contributed by atoms with Crippen LogP contribution in [-0.4, -0.2) is 15.7 Å². The van der Waals surface area contributed by atoms with Crippen molar-refractivity contribution in [1.82, 2.24) is 9.78 Å². The van der Waals surface area contributed by atoms with Crippen molar-refractivity contribution in [2.24, 2.45) is 0 Å². The molecule has 0 spiro atoms. The van der Waals surface area contributed by atoms with Crippen molar-refractivity contribution in [2.75, 3.05) is 5.32 Å². The number of nitrogens with one attached hydrogen (secondary N) is 1. The summed E-state index contributed by atoms with van der Waals surface area (Å²) in [6.07, 6.45) is 3.49. The highest BCUT2D eigenvalue weighted by Crippen LogP contribution is 2.26. The molecule has 0 atom stereocenters. The number of halogens is 1. The van der Waals surface area contributed by atoms with E-state index in [1.807, 2.05) is 60.3 Å². The number of benzene rings is 3. The number of ether oxygens (including phenoxy) is 1. The van der Waals surface area contributed by atoms with Crippen molar-refractivity contribution in [1.29, 1.82) is 0 Å². The number of hydrogen-bond donors (Lipinski definition) is 1. The van der Waals surface area contributed by atoms with Gasteiger partial charge >= 0.3 is 0 Å². The molecule has 1 aromatic heterocycles. The molecule has 32 heavy (non-hydrogen) atoms. The Balaban J connectivity index is 1.34. The van der Waals surface area contributed by atoms with Crippen LogP contribution in [0.15, 0.2) is 79.1 Å². The number of amides is 1. The van der Waals surface area contributed by atoms with Crippen molar-refractivity contribution in [2.45, 2.75) is 27.0 Å². The number of carbonyl (C=O) groups excluding carboxylic acids is 1. The molecule has 0 saturated heterocycles. The van der Waals surface area contributed by atoms with Gasteiger partial charge < -0.3 is 10.1 Å². The second-order valence-electron chi connectivity index (χ2n) is 7.73. The molecule has 6 heteroatoms. The van der Waals surface area contributed by atoms with Crippen molar-refractivity contribution in [3.05, 3.63) is 112 Å². The van der Waals surface area contributed by atoms with E-state index in [9.17, 15) is 4.79 Å². The molecular weight excluding hydrogens is 422 g/mol. The van der Waals surface area contributed by atoms with Crippen LogP contribution in [0.5, 0.6) is 5.75 Å². The van der Waals surface area contributed by atoms with Gasteiger partial charge in [-0.25, -0.2) is 0 Å². The van der Waals surface area contributed by atoms with Crippen molar-refractivity contribution in [3.63, 3.8) is 0 Å². The molecule has 0 saturated carbocycles. The largest absolute Gasteiger partial charge is 0.487 e. The van der Waals surface area contributed by atoms with E-state index in [0.29, 0.717) is 35.2 Å². The van der Waals surface area contributed by atoms with Crippen LogP contribution in [0.1, 0.15) is 32.6 Å². The highest BCUT2D eigenvalue weighted by molar-refractivity contribution is 6.32. The first-order valence-electron chi connectivity index (χ1n) is 10.3. The number of aryl methyl sites for hydroxylation is 2. The van der Waals surface area contributed by atoms with Crippen LogP contribution in [0.25, 0.3) is 0 Å². The first kappa shape index (κ1) is 21.7. The van der Waals surface area contributed by atoms with Gasteiger partial charge in [0, 0.05) is 11.8 Å². The lowest BCUT2D eigenvalue weighted by molar-refractivity contribution is 0.102. The van der Waals surface area contributed by atoms with E-state index in [-0.39, 0.29) is 5.91 Å². The molecule has 4 rings (SSSR count). The van der Waals surface area contributed by atoms with Gasteiger partial charge in [-0.15, -0.1) is 0 Å². The summed E-state index contributed by atoms with van der Waals surface area (Å²) in [4.78, 5) is 12.6. The number of aromatic nitrogens is 2. The molecule has 0 unspecified atom stereocenters. The van der Waals surface area contributed by atoms with E-state index >= 15 is 0 Å². The normalized spacial score (nSPS) is 10.7. The van der Waals surface area contributed by atoms with Gasteiger partial charge in [-0.2, -0.15) is 5.10 Å². The lowest BCUT2D eigenvalue weighted by atomic mass is 10.1. The molecule has 162 valence electrons. The SMILES string of the molecule is Cc1ccc(Cl)c(OCc2ccc(C(=O)Nc3cnn(Cc4ccccc4C)c3)cc2)c1. The zero-order valence-corrected chi connectivity index (χ0v) is 18.8. The van der Waals surface area contributed by atoms with Gasteiger partial charge in [-0.3, -0.25) is 9.48 Å². The standard InChI is InChI=1S/C26H24ClN3O2/c1-18-7-12-24(27)25(13-18)32-17-20-8-10-21(11-9-20)26(31)29-23-14-28-30(16-23)15-22-6-4-3-5-19(22)2/h3-14,16H,15,17H2,1-2H3,(H,29,31). The van der Waals surface area contributed by atoms with Crippen molar-refractivity contribution in [3.8, 4) is 5.75 Å². The third-order valence-electron chi connectivity index (χ3n) is 5.18. The summed E-state index contributed by atoms with van der Waals surface area (Å²) in [6.45, 7) is 5.09. The summed E-state index contributed by atoms with van der Waals surface area (Å²) in [5, 5.41) is 7.83. The third kappa shape index (κ3) is 5.37. The molecule has 3 aromatic carbocycles. The van der Waals surface area contributed by atoms with E-state index in [1.165, 1.54) is 11.1 Å². The predicted octanol–water partition coefficient (Wildman–Crippen LogP) is 6.03. The van der Waals surface area contributed by atoms with Gasteiger partial charge in [0.25, 0.3) is 5.91 Å². The molecule has 0 radical (unpaired) electrons. The van der Waals surface area contributed by atoms with Crippen LogP contribution in [-0.2, 0) is 13.2 Å². The Morgan fingerprint density at radius 1 is 1.06 bits per heavy atom. The molecule has 1 N–H and O–H groups in total. The first-order valence-corrected chi connectivity index (χ1v) is 10.7. The van der Waals surface area contributed by atoms with Crippen molar-refractivity contribution < 1.29 is 9.53 Å². The van der Waals surface area contributed by atoms with Gasteiger partial charge in [-0.1, -0.05) is 54.1 Å². The number of nitrogens with zero attached hydrogens (tertiary/aromatic N) is 2. The Bertz CT molecular complexity index is 1230. The second-order valence-corrected chi connectivity index (χ2v) is 8.13. The van der Waals surface area contributed by atoms with E-state index in [2.05, 4.69) is 29.5 Å². The number of rotatable bonds is 7. The highest BCUT2D eigenvalue weighted by atomic mass is 35.5. The fourth-order valence-electron chi connectivity index (χ4n) is 3.31. The summed E-state index contributed by atoms with van der Waals surface area (Å²) in [6, 6.07) is 21.2. The maximum Gasteiger partial charge on any atom is 0.255 e. The minimum atomic E-state index is -0.186. The first-order chi connectivity index (χ1) is 15.5. The summed E-state index contributed by atoms with van der Waals surface area (Å²) in [5.74, 6) is 0.464. The van der Waals surface area contributed by atoms with Crippen LogP contribution >= 0.6 is 11.6 Å². The lowest BCUT2D eigenvalue weighted by Crippen LogP contribution is -2.11. The Labute approximate surface area is 192 Å². The van der Waals surface area contributed by atoms with E-state index < -0.39 is 0 Å². The molecule has 4 aromatic rings. The number of carbonyl (C=O) groups is 1. The predicted molar refractivity (Wildman–Crippen MR) is 127 cm³/mol. The monoisotopic (exact) mass is 445 g/mol. The average Bonchev–Trinajstić information content (AvgIpc) is 3.23. The van der Waals surface area contributed by atoms with Crippen LogP contribution in [0.3, 0.4) is 0 Å². The number of anilines is 1. The maximum atomic E-state index is 12.6. The molecule has 5 nitrogen and oxygen atoms in total. The van der Waals surface area contributed by atoms with Crippen LogP contribution < -0.4 is 10.1 Å². The Hall–Kier alpha value is -3.57. The fraction of sp³-hybridized carbons (Fsp3) is 0.154. The lowest BCUT2D eigenvalue weighted by Gasteiger charge is -2.09. The molecule has 1 heterocycles. The quantitative estimate of drug-likeness (QED) is 0.377. The summed E-state index contributed by atoms with van der Waals surface area (Å²) in [5.41, 5.74) is 5.66.